The number of carbonyl (C=O) groups excluding carboxylic acids is 1. The second kappa shape index (κ2) is 4.62. The van der Waals surface area contributed by atoms with E-state index in [2.05, 4.69) is 41.6 Å². The Morgan fingerprint density at radius 1 is 1.19 bits per heavy atom. The average Bonchev–Trinajstić information content (AvgIpc) is 2.89. The van der Waals surface area contributed by atoms with Gasteiger partial charge in [-0.1, -0.05) is 32.9 Å². The fourth-order valence-corrected chi connectivity index (χ4v) is 2.71. The number of amides is 1. The molecule has 3 N–H and O–H groups in total. The molecule has 5 heteroatoms. The Balaban J connectivity index is 2.03. The zero-order valence-corrected chi connectivity index (χ0v) is 12.7. The largest absolute Gasteiger partial charge is 0.361 e. The van der Waals surface area contributed by atoms with E-state index in [4.69, 9.17) is 0 Å². The molecule has 2 heterocycles. The second-order valence-corrected chi connectivity index (χ2v) is 6.50. The number of rotatable bonds is 1. The monoisotopic (exact) mass is 284 g/mol. The van der Waals surface area contributed by atoms with Gasteiger partial charge in [0.05, 0.1) is 17.4 Å². The van der Waals surface area contributed by atoms with Gasteiger partial charge in [0.1, 0.15) is 6.17 Å². The van der Waals surface area contributed by atoms with Gasteiger partial charge in [0.25, 0.3) is 5.91 Å². The van der Waals surface area contributed by atoms with Crippen molar-refractivity contribution in [3.05, 3.63) is 46.8 Å². The van der Waals surface area contributed by atoms with Gasteiger partial charge in [0.15, 0.2) is 0 Å². The number of para-hydroxylation sites is 1. The molecule has 1 aliphatic rings. The molecule has 2 aromatic rings. The number of benzene rings is 1. The Morgan fingerprint density at radius 2 is 1.95 bits per heavy atom. The predicted octanol–water partition coefficient (Wildman–Crippen LogP) is 2.87. The van der Waals surface area contributed by atoms with E-state index in [-0.39, 0.29) is 17.5 Å². The summed E-state index contributed by atoms with van der Waals surface area (Å²) in [5.74, 6) is -0.0569. The fraction of sp³-hybridized carbons (Fsp3) is 0.375. The van der Waals surface area contributed by atoms with Crippen LogP contribution in [0.2, 0.25) is 0 Å². The van der Waals surface area contributed by atoms with Crippen molar-refractivity contribution in [3.8, 4) is 0 Å². The Morgan fingerprint density at radius 3 is 2.67 bits per heavy atom. The Kier molecular flexibility index (Phi) is 3.01. The molecule has 0 saturated heterocycles. The molecule has 0 saturated carbocycles. The first kappa shape index (κ1) is 13.7. The minimum atomic E-state index is -0.265. The summed E-state index contributed by atoms with van der Waals surface area (Å²) in [6.07, 6.45) is 1.51. The van der Waals surface area contributed by atoms with Crippen molar-refractivity contribution >= 4 is 11.6 Å². The van der Waals surface area contributed by atoms with Gasteiger partial charge >= 0.3 is 0 Å². The Hall–Kier alpha value is -2.30. The van der Waals surface area contributed by atoms with E-state index < -0.39 is 0 Å². The summed E-state index contributed by atoms with van der Waals surface area (Å²) in [5, 5.41) is 13.6. The molecule has 0 spiro atoms. The quantitative estimate of drug-likeness (QED) is 0.754. The first-order valence-electron chi connectivity index (χ1n) is 7.08. The first-order valence-corrected chi connectivity index (χ1v) is 7.08. The lowest BCUT2D eigenvalue weighted by molar-refractivity contribution is 0.0935. The maximum absolute atomic E-state index is 12.3. The highest BCUT2D eigenvalue weighted by atomic mass is 16.2. The van der Waals surface area contributed by atoms with Crippen molar-refractivity contribution in [2.45, 2.75) is 39.3 Å². The average molecular weight is 284 g/mol. The van der Waals surface area contributed by atoms with E-state index in [9.17, 15) is 4.79 Å². The topological polar surface area (TPSA) is 69.8 Å². The van der Waals surface area contributed by atoms with Gasteiger partial charge < -0.3 is 10.6 Å². The maximum atomic E-state index is 12.3. The van der Waals surface area contributed by atoms with Crippen LogP contribution in [0.1, 0.15) is 54.1 Å². The van der Waals surface area contributed by atoms with Crippen LogP contribution < -0.4 is 10.6 Å². The summed E-state index contributed by atoms with van der Waals surface area (Å²) in [4.78, 5) is 12.3. The molecule has 0 fully saturated rings. The third-order valence-electron chi connectivity index (χ3n) is 3.81. The van der Waals surface area contributed by atoms with E-state index in [0.29, 0.717) is 5.56 Å². The number of aromatic nitrogens is 2. The van der Waals surface area contributed by atoms with Crippen molar-refractivity contribution in [2.75, 3.05) is 5.32 Å². The van der Waals surface area contributed by atoms with Crippen LogP contribution in [0.4, 0.5) is 5.69 Å². The molecule has 1 aromatic heterocycles. The van der Waals surface area contributed by atoms with Gasteiger partial charge in [0.2, 0.25) is 0 Å². The van der Waals surface area contributed by atoms with Crippen molar-refractivity contribution < 1.29 is 4.79 Å². The number of aryl methyl sites for hydroxylation is 1. The van der Waals surface area contributed by atoms with Crippen molar-refractivity contribution in [2.24, 2.45) is 0 Å². The van der Waals surface area contributed by atoms with Gasteiger partial charge in [-0.25, -0.2) is 0 Å². The summed E-state index contributed by atoms with van der Waals surface area (Å²) in [5.41, 5.74) is 4.58. The molecule has 21 heavy (non-hydrogen) atoms. The lowest BCUT2D eigenvalue weighted by atomic mass is 9.88. The molecule has 1 aliphatic heterocycles. The number of hydrogen-bond acceptors (Lipinski definition) is 3. The predicted molar refractivity (Wildman–Crippen MR) is 82.3 cm³/mol. The van der Waals surface area contributed by atoms with Gasteiger partial charge in [-0.2, -0.15) is 5.10 Å². The number of carbonyl (C=O) groups is 1. The summed E-state index contributed by atoms with van der Waals surface area (Å²) in [7, 11) is 0. The molecule has 0 aliphatic carbocycles. The lowest BCUT2D eigenvalue weighted by Gasteiger charge is -2.30. The van der Waals surface area contributed by atoms with E-state index in [1.54, 1.807) is 6.20 Å². The minimum absolute atomic E-state index is 0.0569. The second-order valence-electron chi connectivity index (χ2n) is 6.50. The maximum Gasteiger partial charge on any atom is 0.255 e. The van der Waals surface area contributed by atoms with Crippen molar-refractivity contribution in [1.82, 2.24) is 15.5 Å². The highest BCUT2D eigenvalue weighted by Gasteiger charge is 2.30. The van der Waals surface area contributed by atoms with Gasteiger partial charge in [-0.05, 0) is 18.6 Å². The molecule has 5 nitrogen and oxygen atoms in total. The Bertz CT molecular complexity index is 697. The third-order valence-corrected chi connectivity index (χ3v) is 3.81. The number of fused-ring (bicyclic) bond motifs is 1. The SMILES string of the molecule is Cc1cccc2c1NC(c1cn[nH]c1C(C)(C)C)NC2=O. The molecule has 1 unspecified atom stereocenters. The third kappa shape index (κ3) is 2.28. The number of H-pyrrole nitrogens is 1. The molecule has 0 radical (unpaired) electrons. The number of nitrogens with one attached hydrogen (secondary N) is 3. The zero-order chi connectivity index (χ0) is 15.2. The van der Waals surface area contributed by atoms with Gasteiger partial charge in [-0.3, -0.25) is 9.89 Å². The van der Waals surface area contributed by atoms with Gasteiger partial charge in [0, 0.05) is 16.7 Å². The van der Waals surface area contributed by atoms with E-state index in [1.165, 1.54) is 0 Å². The smallest absolute Gasteiger partial charge is 0.255 e. The summed E-state index contributed by atoms with van der Waals surface area (Å²) >= 11 is 0. The van der Waals surface area contributed by atoms with Crippen molar-refractivity contribution in [3.63, 3.8) is 0 Å². The van der Waals surface area contributed by atoms with Crippen LogP contribution in [0.3, 0.4) is 0 Å². The molecule has 0 bridgehead atoms. The van der Waals surface area contributed by atoms with Crippen LogP contribution >= 0.6 is 0 Å². The molecule has 3 rings (SSSR count). The van der Waals surface area contributed by atoms with E-state index in [0.717, 1.165) is 22.5 Å². The summed E-state index contributed by atoms with van der Waals surface area (Å²) in [6.45, 7) is 8.36. The van der Waals surface area contributed by atoms with E-state index >= 15 is 0 Å². The molecule has 110 valence electrons. The highest BCUT2D eigenvalue weighted by molar-refractivity contribution is 6.02. The Labute approximate surface area is 124 Å². The first-order chi connectivity index (χ1) is 9.88. The normalized spacial score (nSPS) is 17.9. The molecule has 1 amide bonds. The van der Waals surface area contributed by atoms with Crippen LogP contribution in [-0.4, -0.2) is 16.1 Å². The molecule has 1 atom stereocenters. The van der Waals surface area contributed by atoms with Crippen LogP contribution in [-0.2, 0) is 5.41 Å². The van der Waals surface area contributed by atoms with Crippen LogP contribution in [0.25, 0.3) is 0 Å². The van der Waals surface area contributed by atoms with E-state index in [1.807, 2.05) is 25.1 Å². The van der Waals surface area contributed by atoms with Crippen LogP contribution in [0.15, 0.2) is 24.4 Å². The van der Waals surface area contributed by atoms with Crippen LogP contribution in [0, 0.1) is 6.92 Å². The van der Waals surface area contributed by atoms with Crippen LogP contribution in [0.5, 0.6) is 0 Å². The standard InChI is InChI=1S/C16H20N4O/c1-9-6-5-7-10-12(9)18-14(19-15(10)21)11-8-17-20-13(11)16(2,3)4/h5-8,14,18H,1-4H3,(H,17,20)(H,19,21). The lowest BCUT2D eigenvalue weighted by Crippen LogP contribution is -2.39. The number of aromatic amines is 1. The minimum Gasteiger partial charge on any atom is -0.361 e. The fourth-order valence-electron chi connectivity index (χ4n) is 2.71. The van der Waals surface area contributed by atoms with Gasteiger partial charge in [-0.15, -0.1) is 0 Å². The molecule has 1 aromatic carbocycles. The number of nitrogens with zero attached hydrogens (tertiary/aromatic N) is 1. The molecular formula is C16H20N4O. The zero-order valence-electron chi connectivity index (χ0n) is 12.7. The summed E-state index contributed by atoms with van der Waals surface area (Å²) in [6, 6.07) is 5.73. The number of hydrogen-bond donors (Lipinski definition) is 3. The number of anilines is 1. The summed E-state index contributed by atoms with van der Waals surface area (Å²) < 4.78 is 0. The molecular weight excluding hydrogens is 264 g/mol. The highest BCUT2D eigenvalue weighted by Crippen LogP contribution is 2.33. The van der Waals surface area contributed by atoms with Crippen molar-refractivity contribution in [1.29, 1.82) is 0 Å².